The number of nitrogens with two attached hydrogens (primary N) is 1. The van der Waals surface area contributed by atoms with Gasteiger partial charge in [-0.2, -0.15) is 4.31 Å². The summed E-state index contributed by atoms with van der Waals surface area (Å²) in [5.74, 6) is -0.0593. The van der Waals surface area contributed by atoms with Crippen LogP contribution in [0.4, 0.5) is 0 Å². The van der Waals surface area contributed by atoms with Crippen molar-refractivity contribution in [3.05, 3.63) is 29.3 Å². The highest BCUT2D eigenvalue weighted by atomic mass is 32.2. The second-order valence-electron chi connectivity index (χ2n) is 7.25. The van der Waals surface area contributed by atoms with E-state index >= 15 is 0 Å². The predicted molar refractivity (Wildman–Crippen MR) is 101 cm³/mol. The van der Waals surface area contributed by atoms with E-state index in [0.717, 1.165) is 37.7 Å². The summed E-state index contributed by atoms with van der Waals surface area (Å²) in [5, 5.41) is 2.94. The van der Waals surface area contributed by atoms with Crippen LogP contribution in [0.3, 0.4) is 0 Å². The fourth-order valence-electron chi connectivity index (χ4n) is 3.84. The van der Waals surface area contributed by atoms with Gasteiger partial charge in [0.25, 0.3) is 0 Å². The Labute approximate surface area is 156 Å². The summed E-state index contributed by atoms with van der Waals surface area (Å²) in [6.07, 6.45) is 6.04. The number of fused-ring (bicyclic) bond motifs is 1. The molecule has 6 nitrogen and oxygen atoms in total. The van der Waals surface area contributed by atoms with E-state index in [0.29, 0.717) is 43.9 Å². The molecule has 0 atom stereocenters. The molecule has 1 aliphatic carbocycles. The molecule has 1 fully saturated rings. The molecule has 26 heavy (non-hydrogen) atoms. The SMILES string of the molecule is NCCCCNC(=O)C1CCN(S(=O)(=O)c2ccc3c(c2)CCC3)CC1. The molecule has 3 N–H and O–H groups in total. The van der Waals surface area contributed by atoms with Crippen LogP contribution in [0.5, 0.6) is 0 Å². The third-order valence-corrected chi connectivity index (χ3v) is 7.36. The number of nitrogens with one attached hydrogen (secondary N) is 1. The fourth-order valence-corrected chi connectivity index (χ4v) is 5.36. The summed E-state index contributed by atoms with van der Waals surface area (Å²) < 4.78 is 27.4. The Morgan fingerprint density at radius 1 is 1.15 bits per heavy atom. The number of benzene rings is 1. The van der Waals surface area contributed by atoms with Crippen molar-refractivity contribution in [1.82, 2.24) is 9.62 Å². The Kier molecular flexibility index (Phi) is 6.32. The first-order valence-corrected chi connectivity index (χ1v) is 11.1. The van der Waals surface area contributed by atoms with Crippen LogP contribution in [0.2, 0.25) is 0 Å². The summed E-state index contributed by atoms with van der Waals surface area (Å²) >= 11 is 0. The molecular formula is C19H29N3O3S. The van der Waals surface area contributed by atoms with Gasteiger partial charge in [0.2, 0.25) is 15.9 Å². The van der Waals surface area contributed by atoms with Crippen LogP contribution in [0.1, 0.15) is 43.2 Å². The maximum atomic E-state index is 12.9. The molecule has 0 unspecified atom stereocenters. The maximum Gasteiger partial charge on any atom is 0.243 e. The first-order valence-electron chi connectivity index (χ1n) is 9.62. The largest absolute Gasteiger partial charge is 0.356 e. The molecule has 0 bridgehead atoms. The van der Waals surface area contributed by atoms with Gasteiger partial charge in [-0.05, 0) is 74.8 Å². The van der Waals surface area contributed by atoms with E-state index in [-0.39, 0.29) is 11.8 Å². The van der Waals surface area contributed by atoms with Crippen LogP contribution in [0.15, 0.2) is 23.1 Å². The normalized spacial score (nSPS) is 18.7. The van der Waals surface area contributed by atoms with E-state index in [1.807, 2.05) is 12.1 Å². The van der Waals surface area contributed by atoms with E-state index in [9.17, 15) is 13.2 Å². The molecule has 1 aromatic rings. The number of hydrogen-bond donors (Lipinski definition) is 2. The minimum absolute atomic E-state index is 0.0385. The first-order chi connectivity index (χ1) is 12.5. The molecule has 1 saturated heterocycles. The zero-order valence-corrected chi connectivity index (χ0v) is 16.1. The van der Waals surface area contributed by atoms with E-state index < -0.39 is 10.0 Å². The lowest BCUT2D eigenvalue weighted by Crippen LogP contribution is -2.43. The number of rotatable bonds is 7. The number of piperidine rings is 1. The number of unbranched alkanes of at least 4 members (excludes halogenated alkanes) is 1. The quantitative estimate of drug-likeness (QED) is 0.701. The molecule has 144 valence electrons. The fraction of sp³-hybridized carbons (Fsp3) is 0.632. The number of carbonyl (C=O) groups is 1. The number of aryl methyl sites for hydroxylation is 2. The van der Waals surface area contributed by atoms with Crippen LogP contribution < -0.4 is 11.1 Å². The van der Waals surface area contributed by atoms with Gasteiger partial charge in [0.1, 0.15) is 0 Å². The average Bonchev–Trinajstić information content (AvgIpc) is 3.13. The van der Waals surface area contributed by atoms with Crippen LogP contribution in [0, 0.1) is 5.92 Å². The molecule has 3 rings (SSSR count). The molecule has 0 aromatic heterocycles. The van der Waals surface area contributed by atoms with Gasteiger partial charge in [-0.25, -0.2) is 8.42 Å². The maximum absolute atomic E-state index is 12.9. The zero-order valence-electron chi connectivity index (χ0n) is 15.2. The van der Waals surface area contributed by atoms with Gasteiger partial charge in [-0.15, -0.1) is 0 Å². The second kappa shape index (κ2) is 8.50. The van der Waals surface area contributed by atoms with Crippen molar-refractivity contribution in [2.24, 2.45) is 11.7 Å². The Morgan fingerprint density at radius 2 is 1.88 bits per heavy atom. The third kappa shape index (κ3) is 4.27. The van der Waals surface area contributed by atoms with Crippen molar-refractivity contribution < 1.29 is 13.2 Å². The smallest absolute Gasteiger partial charge is 0.243 e. The standard InChI is InChI=1S/C19H29N3O3S/c20-10-1-2-11-21-19(23)16-8-12-22(13-9-16)26(24,25)18-7-6-15-4-3-5-17(15)14-18/h6-7,14,16H,1-5,8-13,20H2,(H,21,23). The summed E-state index contributed by atoms with van der Waals surface area (Å²) in [4.78, 5) is 12.6. The lowest BCUT2D eigenvalue weighted by molar-refractivity contribution is -0.126. The highest BCUT2D eigenvalue weighted by Gasteiger charge is 2.32. The van der Waals surface area contributed by atoms with Crippen molar-refractivity contribution in [3.63, 3.8) is 0 Å². The van der Waals surface area contributed by atoms with Gasteiger partial charge in [-0.3, -0.25) is 4.79 Å². The van der Waals surface area contributed by atoms with Crippen molar-refractivity contribution in [2.45, 2.75) is 49.8 Å². The number of sulfonamides is 1. The lowest BCUT2D eigenvalue weighted by Gasteiger charge is -2.30. The molecule has 1 heterocycles. The van der Waals surface area contributed by atoms with Crippen LogP contribution in [-0.4, -0.2) is 44.8 Å². The second-order valence-corrected chi connectivity index (χ2v) is 9.19. The number of hydrogen-bond acceptors (Lipinski definition) is 4. The molecule has 7 heteroatoms. The molecule has 1 aliphatic heterocycles. The summed E-state index contributed by atoms with van der Waals surface area (Å²) in [6.45, 7) is 2.08. The van der Waals surface area contributed by atoms with Crippen LogP contribution in [0.25, 0.3) is 0 Å². The zero-order chi connectivity index (χ0) is 18.6. The van der Waals surface area contributed by atoms with Crippen molar-refractivity contribution in [1.29, 1.82) is 0 Å². The molecular weight excluding hydrogens is 350 g/mol. The molecule has 2 aliphatic rings. The Hall–Kier alpha value is -1.44. The highest BCUT2D eigenvalue weighted by Crippen LogP contribution is 2.28. The molecule has 1 amide bonds. The van der Waals surface area contributed by atoms with Gasteiger partial charge in [0.05, 0.1) is 4.90 Å². The summed E-state index contributed by atoms with van der Waals surface area (Å²) in [7, 11) is -3.47. The Bertz CT molecular complexity index is 740. The lowest BCUT2D eigenvalue weighted by atomic mass is 9.97. The summed E-state index contributed by atoms with van der Waals surface area (Å²) in [6, 6.07) is 5.53. The van der Waals surface area contributed by atoms with Crippen molar-refractivity contribution in [2.75, 3.05) is 26.2 Å². The highest BCUT2D eigenvalue weighted by molar-refractivity contribution is 7.89. The van der Waals surface area contributed by atoms with Gasteiger partial charge in [-0.1, -0.05) is 6.07 Å². The topological polar surface area (TPSA) is 92.5 Å². The van der Waals surface area contributed by atoms with Crippen molar-refractivity contribution >= 4 is 15.9 Å². The Balaban J connectivity index is 1.56. The van der Waals surface area contributed by atoms with Gasteiger partial charge in [0, 0.05) is 25.6 Å². The van der Waals surface area contributed by atoms with Crippen LogP contribution in [-0.2, 0) is 27.7 Å². The van der Waals surface area contributed by atoms with Gasteiger partial charge in [0.15, 0.2) is 0 Å². The third-order valence-electron chi connectivity index (χ3n) is 5.46. The van der Waals surface area contributed by atoms with Crippen LogP contribution >= 0.6 is 0 Å². The van der Waals surface area contributed by atoms with Crippen molar-refractivity contribution in [3.8, 4) is 0 Å². The minimum Gasteiger partial charge on any atom is -0.356 e. The molecule has 1 aromatic carbocycles. The number of carbonyl (C=O) groups excluding carboxylic acids is 1. The minimum atomic E-state index is -3.47. The molecule has 0 spiro atoms. The molecule has 0 radical (unpaired) electrons. The Morgan fingerprint density at radius 3 is 2.62 bits per heavy atom. The molecule has 0 saturated carbocycles. The average molecular weight is 380 g/mol. The van der Waals surface area contributed by atoms with E-state index in [4.69, 9.17) is 5.73 Å². The predicted octanol–water partition coefficient (Wildman–Crippen LogP) is 1.43. The van der Waals surface area contributed by atoms with E-state index in [1.165, 1.54) is 9.87 Å². The first kappa shape index (κ1) is 19.3. The summed E-state index contributed by atoms with van der Waals surface area (Å²) in [5.41, 5.74) is 7.88. The monoisotopic (exact) mass is 379 g/mol. The number of amides is 1. The van der Waals surface area contributed by atoms with Gasteiger partial charge < -0.3 is 11.1 Å². The number of nitrogens with zero attached hydrogens (tertiary/aromatic N) is 1. The van der Waals surface area contributed by atoms with E-state index in [1.54, 1.807) is 6.07 Å². The van der Waals surface area contributed by atoms with E-state index in [2.05, 4.69) is 5.32 Å². The van der Waals surface area contributed by atoms with Gasteiger partial charge >= 0.3 is 0 Å².